The first-order valence-corrected chi connectivity index (χ1v) is 10.9. The molecule has 31 heavy (non-hydrogen) atoms. The van der Waals surface area contributed by atoms with Crippen molar-refractivity contribution in [2.24, 2.45) is 0 Å². The van der Waals surface area contributed by atoms with Crippen molar-refractivity contribution in [3.63, 3.8) is 0 Å². The standard InChI is InChI=1S/C25H21NO4S/c27-25(28)22-9-3-5-18(15-22)11-12-19-6-4-10-23(16-19)26(31(29)30)24-14-13-20-7-1-2-8-21(20)17-24/h1-10,13-17H,11-12H2,(H,27,28)(H,29,30). The number of fused-ring (bicyclic) bond motifs is 1. The van der Waals surface area contributed by atoms with Crippen LogP contribution in [0.5, 0.6) is 0 Å². The van der Waals surface area contributed by atoms with Crippen LogP contribution in [0.25, 0.3) is 10.8 Å². The predicted octanol–water partition coefficient (Wildman–Crippen LogP) is 5.60. The van der Waals surface area contributed by atoms with E-state index in [1.807, 2.05) is 66.7 Å². The number of nitrogens with zero attached hydrogens (tertiary/aromatic N) is 1. The second-order valence-electron chi connectivity index (χ2n) is 7.23. The zero-order chi connectivity index (χ0) is 21.8. The Morgan fingerprint density at radius 3 is 2.10 bits per heavy atom. The molecule has 6 heteroatoms. The van der Waals surface area contributed by atoms with E-state index in [0.717, 1.165) is 21.9 Å². The number of anilines is 2. The number of aromatic carboxylic acids is 1. The minimum atomic E-state index is -2.24. The number of carboxylic acid groups (broad SMARTS) is 1. The molecule has 0 aliphatic carbocycles. The highest BCUT2D eigenvalue weighted by Gasteiger charge is 2.16. The van der Waals surface area contributed by atoms with Crippen LogP contribution in [-0.4, -0.2) is 19.8 Å². The molecule has 0 aliphatic heterocycles. The van der Waals surface area contributed by atoms with Crippen LogP contribution in [0.2, 0.25) is 0 Å². The van der Waals surface area contributed by atoms with Crippen molar-refractivity contribution in [1.82, 2.24) is 0 Å². The van der Waals surface area contributed by atoms with Gasteiger partial charge in [0.05, 0.1) is 16.9 Å². The van der Waals surface area contributed by atoms with Gasteiger partial charge in [-0.15, -0.1) is 0 Å². The zero-order valence-corrected chi connectivity index (χ0v) is 17.5. The van der Waals surface area contributed by atoms with E-state index >= 15 is 0 Å². The molecule has 0 heterocycles. The van der Waals surface area contributed by atoms with Crippen molar-refractivity contribution in [3.8, 4) is 0 Å². The summed E-state index contributed by atoms with van der Waals surface area (Å²) in [5.41, 5.74) is 3.44. The summed E-state index contributed by atoms with van der Waals surface area (Å²) in [5.74, 6) is -0.944. The Kier molecular flexibility index (Phi) is 6.11. The number of carbonyl (C=O) groups is 1. The van der Waals surface area contributed by atoms with Crippen LogP contribution in [0.4, 0.5) is 11.4 Å². The quantitative estimate of drug-likeness (QED) is 0.374. The zero-order valence-electron chi connectivity index (χ0n) is 16.6. The first-order valence-electron chi connectivity index (χ1n) is 9.82. The average molecular weight is 432 g/mol. The SMILES string of the molecule is O=C(O)c1cccc(CCc2cccc(N(c3ccc4ccccc4c3)S(=O)O)c2)c1. The van der Waals surface area contributed by atoms with Crippen molar-refractivity contribution in [1.29, 1.82) is 0 Å². The Bertz CT molecular complexity index is 1270. The van der Waals surface area contributed by atoms with Crippen LogP contribution < -0.4 is 4.31 Å². The van der Waals surface area contributed by atoms with Gasteiger partial charge in [0.2, 0.25) is 0 Å². The summed E-state index contributed by atoms with van der Waals surface area (Å²) in [5, 5.41) is 11.2. The number of hydrogen-bond acceptors (Lipinski definition) is 2. The van der Waals surface area contributed by atoms with E-state index < -0.39 is 17.2 Å². The maximum absolute atomic E-state index is 12.2. The van der Waals surface area contributed by atoms with Crippen molar-refractivity contribution >= 4 is 39.4 Å². The van der Waals surface area contributed by atoms with Crippen LogP contribution in [0, 0.1) is 0 Å². The highest BCUT2D eigenvalue weighted by molar-refractivity contribution is 7.81. The predicted molar refractivity (Wildman–Crippen MR) is 124 cm³/mol. The van der Waals surface area contributed by atoms with E-state index in [0.29, 0.717) is 24.2 Å². The minimum absolute atomic E-state index is 0.268. The molecule has 4 rings (SSSR count). The van der Waals surface area contributed by atoms with E-state index in [-0.39, 0.29) is 5.56 Å². The molecule has 2 N–H and O–H groups in total. The van der Waals surface area contributed by atoms with E-state index in [4.69, 9.17) is 5.11 Å². The molecule has 0 aromatic heterocycles. The fourth-order valence-corrected chi connectivity index (χ4v) is 4.21. The molecule has 1 atom stereocenters. The third-order valence-electron chi connectivity index (χ3n) is 5.15. The Hall–Kier alpha value is -3.48. The minimum Gasteiger partial charge on any atom is -0.478 e. The molecule has 0 saturated heterocycles. The normalized spacial score (nSPS) is 11.9. The van der Waals surface area contributed by atoms with Gasteiger partial charge in [0.15, 0.2) is 0 Å². The average Bonchev–Trinajstić information content (AvgIpc) is 2.78. The fraction of sp³-hybridized carbons (Fsp3) is 0.0800. The molecule has 4 aromatic carbocycles. The monoisotopic (exact) mass is 431 g/mol. The highest BCUT2D eigenvalue weighted by atomic mass is 32.2. The summed E-state index contributed by atoms with van der Waals surface area (Å²) >= 11 is -2.24. The van der Waals surface area contributed by atoms with Crippen LogP contribution >= 0.6 is 0 Å². The molecule has 156 valence electrons. The van der Waals surface area contributed by atoms with Gasteiger partial charge in [0.1, 0.15) is 0 Å². The van der Waals surface area contributed by atoms with Gasteiger partial charge in [-0.1, -0.05) is 54.6 Å². The molecular formula is C25H21NO4S. The molecule has 0 aliphatic rings. The first kappa shape index (κ1) is 20.8. The Morgan fingerprint density at radius 2 is 1.39 bits per heavy atom. The molecule has 0 bridgehead atoms. The van der Waals surface area contributed by atoms with E-state index in [1.54, 1.807) is 24.3 Å². The molecule has 0 fully saturated rings. The van der Waals surface area contributed by atoms with Gasteiger partial charge in [-0.05, 0) is 71.1 Å². The molecule has 0 amide bonds. The fourth-order valence-electron chi connectivity index (χ4n) is 3.62. The van der Waals surface area contributed by atoms with Crippen molar-refractivity contribution in [2.75, 3.05) is 4.31 Å². The summed E-state index contributed by atoms with van der Waals surface area (Å²) in [6, 6.07) is 27.9. The van der Waals surface area contributed by atoms with Crippen molar-refractivity contribution < 1.29 is 18.7 Å². The summed E-state index contributed by atoms with van der Waals surface area (Å²) in [6.07, 6.45) is 1.35. The third kappa shape index (κ3) is 4.82. The number of aryl methyl sites for hydroxylation is 2. The topological polar surface area (TPSA) is 77.8 Å². The summed E-state index contributed by atoms with van der Waals surface area (Å²) in [4.78, 5) is 11.2. The molecule has 0 spiro atoms. The lowest BCUT2D eigenvalue weighted by Gasteiger charge is -2.21. The third-order valence-corrected chi connectivity index (χ3v) is 5.88. The highest BCUT2D eigenvalue weighted by Crippen LogP contribution is 2.30. The summed E-state index contributed by atoms with van der Waals surface area (Å²) in [6.45, 7) is 0. The Balaban J connectivity index is 1.59. The van der Waals surface area contributed by atoms with Crippen LogP contribution in [-0.2, 0) is 24.1 Å². The molecule has 4 aromatic rings. The van der Waals surface area contributed by atoms with Crippen LogP contribution in [0.15, 0.2) is 91.0 Å². The van der Waals surface area contributed by atoms with E-state index in [9.17, 15) is 13.6 Å². The van der Waals surface area contributed by atoms with Crippen molar-refractivity contribution in [3.05, 3.63) is 108 Å². The van der Waals surface area contributed by atoms with Gasteiger partial charge in [-0.25, -0.2) is 13.3 Å². The number of benzene rings is 4. The second-order valence-corrected chi connectivity index (χ2v) is 8.06. The van der Waals surface area contributed by atoms with E-state index in [2.05, 4.69) is 0 Å². The largest absolute Gasteiger partial charge is 0.478 e. The van der Waals surface area contributed by atoms with Gasteiger partial charge >= 0.3 is 5.97 Å². The molecule has 5 nitrogen and oxygen atoms in total. The summed E-state index contributed by atoms with van der Waals surface area (Å²) < 4.78 is 23.6. The maximum atomic E-state index is 12.2. The van der Waals surface area contributed by atoms with Crippen LogP contribution in [0.1, 0.15) is 21.5 Å². The molecule has 1 unspecified atom stereocenters. The molecular weight excluding hydrogens is 410 g/mol. The van der Waals surface area contributed by atoms with Gasteiger partial charge < -0.3 is 5.11 Å². The first-order chi connectivity index (χ1) is 15.0. The van der Waals surface area contributed by atoms with E-state index in [1.165, 1.54) is 4.31 Å². The number of hydrogen-bond donors (Lipinski definition) is 2. The molecule has 0 radical (unpaired) electrons. The molecule has 0 saturated carbocycles. The van der Waals surface area contributed by atoms with Crippen LogP contribution in [0.3, 0.4) is 0 Å². The smallest absolute Gasteiger partial charge is 0.335 e. The van der Waals surface area contributed by atoms with Gasteiger partial charge in [-0.3, -0.25) is 4.55 Å². The van der Waals surface area contributed by atoms with Crippen molar-refractivity contribution in [2.45, 2.75) is 12.8 Å². The lowest BCUT2D eigenvalue weighted by molar-refractivity contribution is 0.0696. The maximum Gasteiger partial charge on any atom is 0.335 e. The number of carboxylic acids is 1. The lowest BCUT2D eigenvalue weighted by Crippen LogP contribution is -2.19. The summed E-state index contributed by atoms with van der Waals surface area (Å²) in [7, 11) is 0. The Labute approximate surface area is 183 Å². The lowest BCUT2D eigenvalue weighted by atomic mass is 10.0. The van der Waals surface area contributed by atoms with Gasteiger partial charge in [-0.2, -0.15) is 0 Å². The Morgan fingerprint density at radius 1 is 0.742 bits per heavy atom. The second kappa shape index (κ2) is 9.12. The van der Waals surface area contributed by atoms with Gasteiger partial charge in [0.25, 0.3) is 11.3 Å². The van der Waals surface area contributed by atoms with Gasteiger partial charge in [0, 0.05) is 0 Å². The number of rotatable bonds is 7.